The Morgan fingerprint density at radius 2 is 1.88 bits per heavy atom. The molecule has 1 saturated heterocycles. The van der Waals surface area contributed by atoms with Gasteiger partial charge in [0.15, 0.2) is 11.2 Å². The van der Waals surface area contributed by atoms with Crippen molar-refractivity contribution in [2.75, 3.05) is 6.61 Å². The van der Waals surface area contributed by atoms with E-state index < -0.39 is 5.69 Å². The molecule has 8 nitrogen and oxygen atoms in total. The molecule has 32 heavy (non-hydrogen) atoms. The summed E-state index contributed by atoms with van der Waals surface area (Å²) in [5, 5.41) is 9.02. The molecule has 8 heteroatoms. The lowest BCUT2D eigenvalue weighted by Gasteiger charge is -2.15. The quantitative estimate of drug-likeness (QED) is 0.488. The molecule has 0 unspecified atom stereocenters. The fraction of sp³-hybridized carbons (Fsp3) is 0.250. The van der Waals surface area contributed by atoms with Gasteiger partial charge in [-0.25, -0.2) is 14.3 Å². The topological polar surface area (TPSA) is 94.8 Å². The van der Waals surface area contributed by atoms with E-state index in [0.29, 0.717) is 35.6 Å². The van der Waals surface area contributed by atoms with Gasteiger partial charge in [0, 0.05) is 13.2 Å². The smallest absolute Gasteiger partial charge is 0.337 e. The van der Waals surface area contributed by atoms with Crippen molar-refractivity contribution in [3.63, 3.8) is 0 Å². The first-order chi connectivity index (χ1) is 15.7. The van der Waals surface area contributed by atoms with E-state index in [4.69, 9.17) is 10.00 Å². The zero-order valence-corrected chi connectivity index (χ0v) is 17.3. The summed E-state index contributed by atoms with van der Waals surface area (Å²) in [6.07, 6.45) is 3.17. The summed E-state index contributed by atoms with van der Waals surface area (Å²) >= 11 is 0. The van der Waals surface area contributed by atoms with Crippen LogP contribution in [0.2, 0.25) is 0 Å². The number of para-hydroxylation sites is 1. The van der Waals surface area contributed by atoms with Crippen molar-refractivity contribution >= 4 is 11.2 Å². The molecule has 0 aliphatic carbocycles. The number of hydrogen-bond acceptors (Lipinski definition) is 5. The molecule has 0 N–H and O–H groups in total. The van der Waals surface area contributed by atoms with Crippen LogP contribution in [0.4, 0.5) is 0 Å². The molecule has 0 radical (unpaired) electrons. The van der Waals surface area contributed by atoms with E-state index in [1.54, 1.807) is 23.0 Å². The van der Waals surface area contributed by atoms with Gasteiger partial charge in [0.1, 0.15) is 0 Å². The number of ether oxygens (including phenoxy) is 1. The number of fused-ring (bicyclic) bond motifs is 1. The van der Waals surface area contributed by atoms with Crippen LogP contribution in [0.3, 0.4) is 0 Å². The molecule has 2 aromatic carbocycles. The Hall–Kier alpha value is -3.96. The van der Waals surface area contributed by atoms with Gasteiger partial charge in [-0.2, -0.15) is 5.26 Å². The second-order valence-corrected chi connectivity index (χ2v) is 7.86. The van der Waals surface area contributed by atoms with Crippen molar-refractivity contribution in [2.24, 2.45) is 0 Å². The Kier molecular flexibility index (Phi) is 5.17. The molecule has 4 aromatic rings. The van der Waals surface area contributed by atoms with Crippen LogP contribution in [0.25, 0.3) is 16.9 Å². The maximum atomic E-state index is 13.5. The Labute approximate surface area is 183 Å². The minimum Gasteiger partial charge on any atom is -0.376 e. The van der Waals surface area contributed by atoms with Gasteiger partial charge in [-0.05, 0) is 42.7 Å². The first kappa shape index (κ1) is 20.0. The summed E-state index contributed by atoms with van der Waals surface area (Å²) in [6.45, 7) is 1.25. The van der Waals surface area contributed by atoms with Crippen molar-refractivity contribution in [1.29, 1.82) is 5.26 Å². The van der Waals surface area contributed by atoms with Crippen LogP contribution in [0.1, 0.15) is 24.0 Å². The van der Waals surface area contributed by atoms with E-state index in [2.05, 4.69) is 11.1 Å². The predicted molar refractivity (Wildman–Crippen MR) is 119 cm³/mol. The Bertz CT molecular complexity index is 1420. The van der Waals surface area contributed by atoms with Gasteiger partial charge in [0.05, 0.1) is 36.3 Å². The van der Waals surface area contributed by atoms with Gasteiger partial charge < -0.3 is 9.30 Å². The molecule has 0 saturated carbocycles. The summed E-state index contributed by atoms with van der Waals surface area (Å²) in [7, 11) is 0. The summed E-state index contributed by atoms with van der Waals surface area (Å²) in [4.78, 5) is 31.4. The molecule has 160 valence electrons. The Morgan fingerprint density at radius 1 is 1.09 bits per heavy atom. The van der Waals surface area contributed by atoms with Crippen molar-refractivity contribution in [1.82, 2.24) is 18.7 Å². The third-order valence-corrected chi connectivity index (χ3v) is 5.76. The van der Waals surface area contributed by atoms with Gasteiger partial charge in [-0.1, -0.05) is 30.3 Å². The third-order valence-electron chi connectivity index (χ3n) is 5.76. The second-order valence-electron chi connectivity index (χ2n) is 7.86. The van der Waals surface area contributed by atoms with Gasteiger partial charge in [-0.15, -0.1) is 0 Å². The van der Waals surface area contributed by atoms with E-state index in [1.807, 2.05) is 42.5 Å². The number of rotatable bonds is 5. The second kappa shape index (κ2) is 8.29. The van der Waals surface area contributed by atoms with Crippen LogP contribution in [0.15, 0.2) is 70.5 Å². The lowest BCUT2D eigenvalue weighted by atomic mass is 10.1. The molecule has 1 atom stereocenters. The Balaban J connectivity index is 1.69. The monoisotopic (exact) mass is 427 g/mol. The van der Waals surface area contributed by atoms with E-state index >= 15 is 0 Å². The number of benzene rings is 2. The maximum absolute atomic E-state index is 13.5. The molecule has 5 rings (SSSR count). The standard InChI is InChI=1S/C24H21N5O3/c25-13-17-8-10-18(11-9-17)14-27-16-26-22-21(27)23(30)28(15-20-7-4-12-32-20)24(31)29(22)19-5-2-1-3-6-19/h1-3,5-6,8-11,16,20H,4,7,12,14-15H2/t20-/m0/s1. The fourth-order valence-electron chi connectivity index (χ4n) is 4.14. The predicted octanol–water partition coefficient (Wildman–Crippen LogP) is 2.45. The summed E-state index contributed by atoms with van der Waals surface area (Å²) in [5.41, 5.74) is 2.02. The summed E-state index contributed by atoms with van der Waals surface area (Å²) in [6, 6.07) is 18.5. The van der Waals surface area contributed by atoms with Gasteiger partial charge in [0.2, 0.25) is 0 Å². The molecule has 0 amide bonds. The number of aromatic nitrogens is 4. The van der Waals surface area contributed by atoms with Crippen LogP contribution in [-0.4, -0.2) is 31.4 Å². The van der Waals surface area contributed by atoms with Gasteiger partial charge >= 0.3 is 5.69 Å². The van der Waals surface area contributed by atoms with E-state index in [9.17, 15) is 9.59 Å². The first-order valence-electron chi connectivity index (χ1n) is 10.5. The van der Waals surface area contributed by atoms with Crippen LogP contribution in [0, 0.1) is 11.3 Å². The van der Waals surface area contributed by atoms with Gasteiger partial charge in [-0.3, -0.25) is 9.36 Å². The fourth-order valence-corrected chi connectivity index (χ4v) is 4.14. The highest BCUT2D eigenvalue weighted by molar-refractivity contribution is 5.72. The van der Waals surface area contributed by atoms with Crippen molar-refractivity contribution in [2.45, 2.75) is 32.0 Å². The normalized spacial score (nSPS) is 15.8. The van der Waals surface area contributed by atoms with Crippen LogP contribution < -0.4 is 11.2 Å². The van der Waals surface area contributed by atoms with Crippen molar-refractivity contribution in [3.8, 4) is 11.8 Å². The zero-order valence-electron chi connectivity index (χ0n) is 17.3. The van der Waals surface area contributed by atoms with Crippen molar-refractivity contribution in [3.05, 3.63) is 92.9 Å². The highest BCUT2D eigenvalue weighted by Gasteiger charge is 2.23. The minimum atomic E-state index is -0.423. The van der Waals surface area contributed by atoms with Crippen LogP contribution >= 0.6 is 0 Å². The number of nitrogens with zero attached hydrogens (tertiary/aromatic N) is 5. The van der Waals surface area contributed by atoms with Crippen molar-refractivity contribution < 1.29 is 4.74 Å². The average Bonchev–Trinajstić information content (AvgIpc) is 3.48. The highest BCUT2D eigenvalue weighted by atomic mass is 16.5. The number of imidazole rings is 1. The van der Waals surface area contributed by atoms with Gasteiger partial charge in [0.25, 0.3) is 5.56 Å². The molecule has 1 aliphatic rings. The molecule has 3 heterocycles. The molecule has 1 aliphatic heterocycles. The van der Waals surface area contributed by atoms with E-state index in [1.165, 1.54) is 9.13 Å². The first-order valence-corrected chi connectivity index (χ1v) is 10.5. The number of hydrogen-bond donors (Lipinski definition) is 0. The molecular formula is C24H21N5O3. The highest BCUT2D eigenvalue weighted by Crippen LogP contribution is 2.17. The SMILES string of the molecule is N#Cc1ccc(Cn2cnc3c2c(=O)n(C[C@@H]2CCCO2)c(=O)n3-c2ccccc2)cc1. The Morgan fingerprint density at radius 3 is 2.56 bits per heavy atom. The average molecular weight is 427 g/mol. The lowest BCUT2D eigenvalue weighted by molar-refractivity contribution is 0.0950. The number of nitriles is 1. The molecule has 0 bridgehead atoms. The summed E-state index contributed by atoms with van der Waals surface area (Å²) in [5.74, 6) is 0. The van der Waals surface area contributed by atoms with Crippen LogP contribution in [0.5, 0.6) is 0 Å². The molecule has 1 fully saturated rings. The molecule has 2 aromatic heterocycles. The van der Waals surface area contributed by atoms with E-state index in [0.717, 1.165) is 18.4 Å². The lowest BCUT2D eigenvalue weighted by Crippen LogP contribution is -2.42. The van der Waals surface area contributed by atoms with E-state index in [-0.39, 0.29) is 18.2 Å². The summed E-state index contributed by atoms with van der Waals surface area (Å²) < 4.78 is 10.2. The molecule has 0 spiro atoms. The minimum absolute atomic E-state index is 0.156. The molecular weight excluding hydrogens is 406 g/mol. The van der Waals surface area contributed by atoms with Crippen LogP contribution in [-0.2, 0) is 17.8 Å². The largest absolute Gasteiger partial charge is 0.376 e. The zero-order chi connectivity index (χ0) is 22.1. The third kappa shape index (κ3) is 3.53. The maximum Gasteiger partial charge on any atom is 0.337 e.